The average Bonchev–Trinajstić information content (AvgIpc) is 3.42. The Morgan fingerprint density at radius 2 is 1.91 bits per heavy atom. The molecule has 3 heterocycles. The largest absolute Gasteiger partial charge is 0.497 e. The van der Waals surface area contributed by atoms with Gasteiger partial charge in [0.15, 0.2) is 0 Å². The minimum atomic E-state index is 0.231. The molecule has 0 saturated carbocycles. The van der Waals surface area contributed by atoms with Crippen LogP contribution in [0.3, 0.4) is 0 Å². The Morgan fingerprint density at radius 1 is 1.15 bits per heavy atom. The first kappa shape index (κ1) is 23.5. The molecule has 1 saturated heterocycles. The molecule has 6 nitrogen and oxygen atoms in total. The van der Waals surface area contributed by atoms with Gasteiger partial charge < -0.3 is 15.0 Å². The number of methoxy groups -OCH3 is 1. The lowest BCUT2D eigenvalue weighted by Crippen LogP contribution is -2.33. The van der Waals surface area contributed by atoms with Crippen molar-refractivity contribution in [3.8, 4) is 5.75 Å². The van der Waals surface area contributed by atoms with Gasteiger partial charge in [-0.15, -0.1) is 11.3 Å². The molecule has 34 heavy (non-hydrogen) atoms. The zero-order valence-corrected chi connectivity index (χ0v) is 21.7. The average molecular weight is 480 g/mol. The number of nitrogens with one attached hydrogen (secondary N) is 1. The van der Waals surface area contributed by atoms with Crippen molar-refractivity contribution in [2.75, 3.05) is 46.2 Å². The van der Waals surface area contributed by atoms with Gasteiger partial charge in [-0.05, 0) is 88.5 Å². The molecule has 5 rings (SSSR count). The van der Waals surface area contributed by atoms with E-state index in [9.17, 15) is 0 Å². The van der Waals surface area contributed by atoms with E-state index < -0.39 is 0 Å². The summed E-state index contributed by atoms with van der Waals surface area (Å²) in [6.45, 7) is 6.28. The molecule has 0 radical (unpaired) electrons. The van der Waals surface area contributed by atoms with Crippen LogP contribution in [-0.2, 0) is 19.4 Å². The highest BCUT2D eigenvalue weighted by molar-refractivity contribution is 7.19. The molecule has 1 N–H and O–H groups in total. The van der Waals surface area contributed by atoms with E-state index in [4.69, 9.17) is 14.7 Å². The molecule has 0 spiro atoms. The number of piperidine rings is 1. The van der Waals surface area contributed by atoms with E-state index in [-0.39, 0.29) is 6.04 Å². The quantitative estimate of drug-likeness (QED) is 0.483. The second kappa shape index (κ2) is 10.2. The zero-order chi connectivity index (χ0) is 23.7. The van der Waals surface area contributed by atoms with Crippen LogP contribution in [0.4, 0.5) is 5.82 Å². The molecule has 1 aliphatic carbocycles. The van der Waals surface area contributed by atoms with Crippen LogP contribution in [0.1, 0.15) is 54.1 Å². The van der Waals surface area contributed by atoms with Crippen LogP contribution >= 0.6 is 11.3 Å². The Bertz CT molecular complexity index is 1120. The lowest BCUT2D eigenvalue weighted by Gasteiger charge is -2.29. The van der Waals surface area contributed by atoms with Gasteiger partial charge in [0.05, 0.1) is 25.1 Å². The molecule has 1 aromatic carbocycles. The number of aromatic nitrogens is 2. The van der Waals surface area contributed by atoms with Gasteiger partial charge in [-0.25, -0.2) is 9.97 Å². The van der Waals surface area contributed by atoms with E-state index in [0.717, 1.165) is 60.7 Å². The van der Waals surface area contributed by atoms with Crippen LogP contribution < -0.4 is 10.1 Å². The second-order valence-corrected chi connectivity index (χ2v) is 11.2. The van der Waals surface area contributed by atoms with Crippen LogP contribution in [0.5, 0.6) is 5.75 Å². The normalized spacial score (nSPS) is 17.9. The van der Waals surface area contributed by atoms with E-state index in [1.165, 1.54) is 47.1 Å². The number of likely N-dealkylation sites (tertiary alicyclic amines) is 1. The molecule has 3 aromatic rings. The highest BCUT2D eigenvalue weighted by atomic mass is 32.1. The maximum absolute atomic E-state index is 5.35. The van der Waals surface area contributed by atoms with Crippen molar-refractivity contribution in [3.63, 3.8) is 0 Å². The summed E-state index contributed by atoms with van der Waals surface area (Å²) in [5, 5.41) is 5.03. The molecule has 1 fully saturated rings. The standard InChI is InChI=1S/C27H37N5OS/c1-18-12-14-32(15-13-18)17-24-29-26(25-21-6-5-7-23(21)34-27(25)30-24)28-16-22(31(2)3)19-8-10-20(33-4)11-9-19/h8-11,18,22H,5-7,12-17H2,1-4H3,(H,28,29,30)/t22-/m0/s1. The maximum Gasteiger partial charge on any atom is 0.146 e. The molecule has 7 heteroatoms. The molecule has 1 atom stereocenters. The fourth-order valence-electron chi connectivity index (χ4n) is 5.28. The third-order valence-electron chi connectivity index (χ3n) is 7.44. The molecule has 0 bridgehead atoms. The zero-order valence-electron chi connectivity index (χ0n) is 20.9. The summed E-state index contributed by atoms with van der Waals surface area (Å²) >= 11 is 1.88. The molecular formula is C27H37N5OS. The van der Waals surface area contributed by atoms with Gasteiger partial charge in [0.25, 0.3) is 0 Å². The monoisotopic (exact) mass is 479 g/mol. The third-order valence-corrected chi connectivity index (χ3v) is 8.62. The Balaban J connectivity index is 1.42. The van der Waals surface area contributed by atoms with Crippen molar-refractivity contribution in [2.45, 2.75) is 51.6 Å². The van der Waals surface area contributed by atoms with Crippen LogP contribution in [0, 0.1) is 5.92 Å². The number of aryl methyl sites for hydroxylation is 2. The predicted molar refractivity (Wildman–Crippen MR) is 141 cm³/mol. The minimum Gasteiger partial charge on any atom is -0.497 e. The Labute approximate surface area is 207 Å². The fourth-order valence-corrected chi connectivity index (χ4v) is 6.56. The fraction of sp³-hybridized carbons (Fsp3) is 0.556. The van der Waals surface area contributed by atoms with Gasteiger partial charge in [0.2, 0.25) is 0 Å². The van der Waals surface area contributed by atoms with Gasteiger partial charge in [0, 0.05) is 11.4 Å². The smallest absolute Gasteiger partial charge is 0.146 e. The first-order valence-electron chi connectivity index (χ1n) is 12.6. The Morgan fingerprint density at radius 3 is 2.62 bits per heavy atom. The summed E-state index contributed by atoms with van der Waals surface area (Å²) < 4.78 is 5.35. The van der Waals surface area contributed by atoms with Crippen molar-refractivity contribution in [2.24, 2.45) is 5.92 Å². The van der Waals surface area contributed by atoms with E-state index >= 15 is 0 Å². The Kier molecular flexibility index (Phi) is 7.04. The molecule has 0 unspecified atom stereocenters. The summed E-state index contributed by atoms with van der Waals surface area (Å²) in [6.07, 6.45) is 6.12. The second-order valence-electron chi connectivity index (χ2n) is 10.1. The van der Waals surface area contributed by atoms with Gasteiger partial charge in [0.1, 0.15) is 22.2 Å². The van der Waals surface area contributed by atoms with Crippen molar-refractivity contribution in [1.29, 1.82) is 0 Å². The number of anilines is 1. The van der Waals surface area contributed by atoms with Crippen molar-refractivity contribution in [3.05, 3.63) is 46.1 Å². The van der Waals surface area contributed by atoms with Crippen LogP contribution in [-0.4, -0.2) is 60.6 Å². The van der Waals surface area contributed by atoms with Crippen molar-refractivity contribution >= 4 is 27.4 Å². The van der Waals surface area contributed by atoms with E-state index in [1.54, 1.807) is 7.11 Å². The molecular weight excluding hydrogens is 442 g/mol. The first-order chi connectivity index (χ1) is 16.5. The molecule has 182 valence electrons. The summed E-state index contributed by atoms with van der Waals surface area (Å²) in [5.74, 6) is 3.69. The number of ether oxygens (including phenoxy) is 1. The molecule has 2 aliphatic rings. The number of nitrogens with zero attached hydrogens (tertiary/aromatic N) is 4. The summed E-state index contributed by atoms with van der Waals surface area (Å²) in [7, 11) is 5.98. The summed E-state index contributed by atoms with van der Waals surface area (Å²) in [4.78, 5) is 17.6. The number of hydrogen-bond donors (Lipinski definition) is 1. The third kappa shape index (κ3) is 4.92. The highest BCUT2D eigenvalue weighted by Gasteiger charge is 2.24. The van der Waals surface area contributed by atoms with Gasteiger partial charge in [-0.2, -0.15) is 0 Å². The summed E-state index contributed by atoms with van der Waals surface area (Å²) in [5.41, 5.74) is 2.74. The number of rotatable bonds is 8. The Hall–Kier alpha value is -2.22. The van der Waals surface area contributed by atoms with E-state index in [2.05, 4.69) is 48.3 Å². The van der Waals surface area contributed by atoms with E-state index in [1.807, 2.05) is 23.5 Å². The SMILES string of the molecule is COc1ccc([C@H](CNc2nc(CN3CCC(C)CC3)nc3sc4c(c23)CCC4)N(C)C)cc1. The van der Waals surface area contributed by atoms with Crippen molar-refractivity contribution in [1.82, 2.24) is 19.8 Å². The van der Waals surface area contributed by atoms with Crippen LogP contribution in [0.25, 0.3) is 10.2 Å². The van der Waals surface area contributed by atoms with E-state index in [0.29, 0.717) is 0 Å². The maximum atomic E-state index is 5.35. The van der Waals surface area contributed by atoms with Crippen LogP contribution in [0.15, 0.2) is 24.3 Å². The lowest BCUT2D eigenvalue weighted by atomic mass is 9.99. The summed E-state index contributed by atoms with van der Waals surface area (Å²) in [6, 6.07) is 8.63. The number of benzene rings is 1. The van der Waals surface area contributed by atoms with Crippen molar-refractivity contribution < 1.29 is 4.74 Å². The van der Waals surface area contributed by atoms with Crippen LogP contribution in [0.2, 0.25) is 0 Å². The number of thiophene rings is 1. The number of hydrogen-bond acceptors (Lipinski definition) is 7. The molecule has 1 aliphatic heterocycles. The highest BCUT2D eigenvalue weighted by Crippen LogP contribution is 2.40. The minimum absolute atomic E-state index is 0.231. The number of fused-ring (bicyclic) bond motifs is 3. The predicted octanol–water partition coefficient (Wildman–Crippen LogP) is 5.14. The first-order valence-corrected chi connectivity index (χ1v) is 13.4. The van der Waals surface area contributed by atoms with Gasteiger partial charge >= 0.3 is 0 Å². The molecule has 0 amide bonds. The molecule has 2 aromatic heterocycles. The van der Waals surface area contributed by atoms with Gasteiger partial charge in [-0.3, -0.25) is 4.90 Å². The lowest BCUT2D eigenvalue weighted by molar-refractivity contribution is 0.181. The number of likely N-dealkylation sites (N-methyl/N-ethyl adjacent to an activating group) is 1. The topological polar surface area (TPSA) is 53.5 Å². The van der Waals surface area contributed by atoms with Gasteiger partial charge in [-0.1, -0.05) is 19.1 Å².